The Balaban J connectivity index is 1.41. The Labute approximate surface area is 169 Å². The monoisotopic (exact) mass is 390 g/mol. The fourth-order valence-corrected chi connectivity index (χ4v) is 4.88. The molecule has 1 unspecified atom stereocenters. The summed E-state index contributed by atoms with van der Waals surface area (Å²) >= 11 is 0. The van der Waals surface area contributed by atoms with Crippen molar-refractivity contribution in [3.05, 3.63) is 64.7 Å². The summed E-state index contributed by atoms with van der Waals surface area (Å²) in [6, 6.07) is 16.1. The molecule has 5 rings (SSSR count). The molecule has 0 saturated carbocycles. The second-order valence-electron chi connectivity index (χ2n) is 7.96. The van der Waals surface area contributed by atoms with Gasteiger partial charge in [-0.2, -0.15) is 0 Å². The average Bonchev–Trinajstić information content (AvgIpc) is 3.30. The highest BCUT2D eigenvalue weighted by atomic mass is 16.5. The number of rotatable bonds is 4. The quantitative estimate of drug-likeness (QED) is 0.522. The Morgan fingerprint density at radius 3 is 2.52 bits per heavy atom. The SMILES string of the molecule is CCC(N1CCC(c2noc3ccccc23)CC1)n1c(=O)n(C)c2ccccc21. The molecule has 3 heterocycles. The molecule has 6 nitrogen and oxygen atoms in total. The van der Waals surface area contributed by atoms with Gasteiger partial charge in [0, 0.05) is 31.4 Å². The van der Waals surface area contributed by atoms with Crippen molar-refractivity contribution >= 4 is 22.0 Å². The van der Waals surface area contributed by atoms with Crippen LogP contribution < -0.4 is 5.69 Å². The molecule has 150 valence electrons. The lowest BCUT2D eigenvalue weighted by atomic mass is 9.91. The summed E-state index contributed by atoms with van der Waals surface area (Å²) in [5.74, 6) is 0.400. The highest BCUT2D eigenvalue weighted by molar-refractivity contribution is 5.79. The minimum absolute atomic E-state index is 0.0580. The van der Waals surface area contributed by atoms with Crippen molar-refractivity contribution in [3.8, 4) is 0 Å². The van der Waals surface area contributed by atoms with Gasteiger partial charge in [-0.3, -0.25) is 14.0 Å². The molecule has 2 aromatic carbocycles. The lowest BCUT2D eigenvalue weighted by molar-refractivity contribution is 0.100. The van der Waals surface area contributed by atoms with Crippen LogP contribution in [0.15, 0.2) is 57.8 Å². The number of nitrogens with zero attached hydrogens (tertiary/aromatic N) is 4. The van der Waals surface area contributed by atoms with Gasteiger partial charge in [0.15, 0.2) is 5.58 Å². The van der Waals surface area contributed by atoms with Gasteiger partial charge in [-0.25, -0.2) is 4.79 Å². The van der Waals surface area contributed by atoms with E-state index in [1.165, 1.54) is 0 Å². The first-order valence-corrected chi connectivity index (χ1v) is 10.4. The van der Waals surface area contributed by atoms with Gasteiger partial charge in [-0.15, -0.1) is 0 Å². The van der Waals surface area contributed by atoms with Crippen LogP contribution >= 0.6 is 0 Å². The molecular formula is C23H26N4O2. The first-order chi connectivity index (χ1) is 14.2. The smallest absolute Gasteiger partial charge is 0.330 e. The van der Waals surface area contributed by atoms with Gasteiger partial charge < -0.3 is 4.52 Å². The van der Waals surface area contributed by atoms with Crippen molar-refractivity contribution in [1.29, 1.82) is 0 Å². The van der Waals surface area contributed by atoms with Crippen LogP contribution in [-0.4, -0.2) is 32.3 Å². The molecule has 2 aromatic heterocycles. The molecule has 0 bridgehead atoms. The van der Waals surface area contributed by atoms with Crippen molar-refractivity contribution in [1.82, 2.24) is 19.2 Å². The van der Waals surface area contributed by atoms with Crippen LogP contribution in [-0.2, 0) is 7.05 Å². The minimum atomic E-state index is 0.0580. The van der Waals surface area contributed by atoms with Gasteiger partial charge in [0.2, 0.25) is 0 Å². The van der Waals surface area contributed by atoms with E-state index in [0.29, 0.717) is 5.92 Å². The van der Waals surface area contributed by atoms with E-state index in [-0.39, 0.29) is 11.9 Å². The summed E-state index contributed by atoms with van der Waals surface area (Å²) in [6.07, 6.45) is 3.01. The van der Waals surface area contributed by atoms with E-state index >= 15 is 0 Å². The van der Waals surface area contributed by atoms with E-state index < -0.39 is 0 Å². The predicted molar refractivity (Wildman–Crippen MR) is 114 cm³/mol. The molecule has 29 heavy (non-hydrogen) atoms. The molecule has 0 spiro atoms. The van der Waals surface area contributed by atoms with Gasteiger partial charge in [0.1, 0.15) is 0 Å². The largest absolute Gasteiger partial charge is 0.356 e. The number of hydrogen-bond donors (Lipinski definition) is 0. The Morgan fingerprint density at radius 1 is 1.07 bits per heavy atom. The Morgan fingerprint density at radius 2 is 1.76 bits per heavy atom. The third kappa shape index (κ3) is 2.90. The molecule has 0 N–H and O–H groups in total. The first-order valence-electron chi connectivity index (χ1n) is 10.4. The van der Waals surface area contributed by atoms with E-state index in [1.807, 2.05) is 54.1 Å². The van der Waals surface area contributed by atoms with Crippen LogP contribution in [0.5, 0.6) is 0 Å². The zero-order valence-electron chi connectivity index (χ0n) is 16.9. The number of aryl methyl sites for hydroxylation is 1. The van der Waals surface area contributed by atoms with E-state index in [2.05, 4.69) is 23.0 Å². The van der Waals surface area contributed by atoms with Gasteiger partial charge >= 0.3 is 5.69 Å². The topological polar surface area (TPSA) is 56.2 Å². The number of piperidine rings is 1. The van der Waals surface area contributed by atoms with Crippen molar-refractivity contribution in [2.75, 3.05) is 13.1 Å². The molecule has 0 aliphatic carbocycles. The van der Waals surface area contributed by atoms with Crippen molar-refractivity contribution in [3.63, 3.8) is 0 Å². The summed E-state index contributed by atoms with van der Waals surface area (Å²) in [5.41, 5.74) is 3.99. The van der Waals surface area contributed by atoms with Gasteiger partial charge in [0.25, 0.3) is 0 Å². The van der Waals surface area contributed by atoms with E-state index in [4.69, 9.17) is 4.52 Å². The maximum absolute atomic E-state index is 13.0. The van der Waals surface area contributed by atoms with E-state index in [0.717, 1.165) is 60.0 Å². The van der Waals surface area contributed by atoms with Crippen LogP contribution in [0.3, 0.4) is 0 Å². The number of aromatic nitrogens is 3. The maximum atomic E-state index is 13.0. The second-order valence-corrected chi connectivity index (χ2v) is 7.96. The minimum Gasteiger partial charge on any atom is -0.356 e. The van der Waals surface area contributed by atoms with Crippen LogP contribution in [0.25, 0.3) is 22.0 Å². The van der Waals surface area contributed by atoms with Crippen LogP contribution in [0.2, 0.25) is 0 Å². The van der Waals surface area contributed by atoms with Gasteiger partial charge in [-0.05, 0) is 43.5 Å². The Hall–Kier alpha value is -2.86. The fraction of sp³-hybridized carbons (Fsp3) is 0.391. The van der Waals surface area contributed by atoms with Crippen LogP contribution in [0.1, 0.15) is 44.0 Å². The molecule has 1 saturated heterocycles. The number of likely N-dealkylation sites (tertiary alicyclic amines) is 1. The highest BCUT2D eigenvalue weighted by Gasteiger charge is 2.30. The fourth-order valence-electron chi connectivity index (χ4n) is 4.88. The summed E-state index contributed by atoms with van der Waals surface area (Å²) < 4.78 is 9.25. The lowest BCUT2D eigenvalue weighted by Crippen LogP contribution is -2.42. The lowest BCUT2D eigenvalue weighted by Gasteiger charge is -2.37. The first kappa shape index (κ1) is 18.2. The normalized spacial score (nSPS) is 17.3. The number of para-hydroxylation sites is 3. The molecular weight excluding hydrogens is 364 g/mol. The third-order valence-corrected chi connectivity index (χ3v) is 6.40. The number of benzene rings is 2. The molecule has 0 radical (unpaired) electrons. The summed E-state index contributed by atoms with van der Waals surface area (Å²) in [6.45, 7) is 4.05. The molecule has 4 aromatic rings. The molecule has 1 fully saturated rings. The number of hydrogen-bond acceptors (Lipinski definition) is 4. The summed E-state index contributed by atoms with van der Waals surface area (Å²) in [7, 11) is 1.86. The van der Waals surface area contributed by atoms with Crippen molar-refractivity contribution < 1.29 is 4.52 Å². The highest BCUT2D eigenvalue weighted by Crippen LogP contribution is 2.35. The molecule has 1 aliphatic heterocycles. The summed E-state index contributed by atoms with van der Waals surface area (Å²) in [5, 5.41) is 5.50. The van der Waals surface area contributed by atoms with Crippen LogP contribution in [0, 0.1) is 0 Å². The molecule has 1 atom stereocenters. The molecule has 0 amide bonds. The zero-order chi connectivity index (χ0) is 20.0. The van der Waals surface area contributed by atoms with E-state index in [1.54, 1.807) is 4.57 Å². The van der Waals surface area contributed by atoms with Gasteiger partial charge in [-0.1, -0.05) is 36.3 Å². The van der Waals surface area contributed by atoms with Crippen LogP contribution in [0.4, 0.5) is 0 Å². The Kier molecular flexibility index (Phi) is 4.51. The Bertz CT molecular complexity index is 1210. The maximum Gasteiger partial charge on any atom is 0.330 e. The zero-order valence-corrected chi connectivity index (χ0v) is 16.9. The number of imidazole rings is 1. The third-order valence-electron chi connectivity index (χ3n) is 6.40. The standard InChI is InChI=1S/C23H26N4O2/c1-3-21(27-19-10-6-5-9-18(19)25(2)23(27)28)26-14-12-16(13-15-26)22-17-8-4-7-11-20(17)29-24-22/h4-11,16,21H,3,12-15H2,1-2H3. The van der Waals surface area contributed by atoms with E-state index in [9.17, 15) is 4.79 Å². The predicted octanol–water partition coefficient (Wildman–Crippen LogP) is 4.27. The van der Waals surface area contributed by atoms with Gasteiger partial charge in [0.05, 0.1) is 22.9 Å². The van der Waals surface area contributed by atoms with Crippen molar-refractivity contribution in [2.45, 2.75) is 38.3 Å². The average molecular weight is 390 g/mol. The number of fused-ring (bicyclic) bond motifs is 2. The second kappa shape index (κ2) is 7.19. The summed E-state index contributed by atoms with van der Waals surface area (Å²) in [4.78, 5) is 15.5. The van der Waals surface area contributed by atoms with Crippen molar-refractivity contribution in [2.24, 2.45) is 7.05 Å². The molecule has 1 aliphatic rings. The molecule has 6 heteroatoms.